The third-order valence-electron chi connectivity index (χ3n) is 10.1. The lowest BCUT2D eigenvalue weighted by molar-refractivity contribution is -0.141. The van der Waals surface area contributed by atoms with E-state index in [0.29, 0.717) is 28.3 Å². The molecule has 0 aliphatic heterocycles. The number of nitrogens with one attached hydrogen (secondary N) is 3. The number of amides is 2. The minimum absolute atomic E-state index is 0.276. The van der Waals surface area contributed by atoms with Crippen molar-refractivity contribution >= 4 is 23.5 Å². The van der Waals surface area contributed by atoms with Crippen LogP contribution in [0.1, 0.15) is 124 Å². The summed E-state index contributed by atoms with van der Waals surface area (Å²) in [4.78, 5) is 45.5. The summed E-state index contributed by atoms with van der Waals surface area (Å²) in [5.74, 6) is 2.13. The average molecular weight is 547 g/mol. The zero-order valence-electron chi connectivity index (χ0n) is 23.5. The fraction of sp³-hybridized carbons (Fsp3) is 0.625. The van der Waals surface area contributed by atoms with E-state index in [-0.39, 0.29) is 5.91 Å². The van der Waals surface area contributed by atoms with Gasteiger partial charge in [0.25, 0.3) is 5.91 Å². The van der Waals surface area contributed by atoms with Gasteiger partial charge in [0.15, 0.2) is 6.04 Å². The van der Waals surface area contributed by atoms with Crippen molar-refractivity contribution in [2.45, 2.75) is 102 Å². The van der Waals surface area contributed by atoms with Crippen molar-refractivity contribution in [2.75, 3.05) is 5.32 Å². The fourth-order valence-electron chi connectivity index (χ4n) is 8.83. The maximum atomic E-state index is 13.7. The van der Waals surface area contributed by atoms with Gasteiger partial charge in [-0.15, -0.1) is 0 Å². The number of aromatic amines is 1. The molecule has 8 nitrogen and oxygen atoms in total. The molecule has 5 fully saturated rings. The van der Waals surface area contributed by atoms with Crippen LogP contribution in [0, 0.1) is 23.2 Å². The molecule has 1 aromatic heterocycles. The van der Waals surface area contributed by atoms with Gasteiger partial charge in [-0.3, -0.25) is 9.59 Å². The highest BCUT2D eigenvalue weighted by atomic mass is 16.4. The van der Waals surface area contributed by atoms with Crippen molar-refractivity contribution in [1.29, 1.82) is 0 Å². The van der Waals surface area contributed by atoms with Crippen LogP contribution in [-0.4, -0.2) is 32.9 Å². The number of aryl methyl sites for hydroxylation is 1. The summed E-state index contributed by atoms with van der Waals surface area (Å²) in [6.45, 7) is 1.29. The number of carbonyl (C=O) groups is 3. The van der Waals surface area contributed by atoms with Gasteiger partial charge in [0.1, 0.15) is 11.5 Å². The Labute approximate surface area is 236 Å². The highest BCUT2D eigenvalue weighted by molar-refractivity contribution is 6.03. The third kappa shape index (κ3) is 5.68. The predicted octanol–water partition coefficient (Wildman–Crippen LogP) is 6.12. The van der Waals surface area contributed by atoms with Gasteiger partial charge < -0.3 is 20.7 Å². The van der Waals surface area contributed by atoms with Gasteiger partial charge in [-0.05, 0) is 105 Å². The summed E-state index contributed by atoms with van der Waals surface area (Å²) < 4.78 is 0. The molecule has 7 rings (SSSR count). The van der Waals surface area contributed by atoms with Gasteiger partial charge in [0, 0.05) is 24.2 Å². The third-order valence-corrected chi connectivity index (χ3v) is 10.1. The molecule has 0 spiro atoms. The topological polar surface area (TPSA) is 124 Å². The van der Waals surface area contributed by atoms with Crippen molar-refractivity contribution in [1.82, 2.24) is 15.3 Å². The first-order valence-electron chi connectivity index (χ1n) is 15.3. The van der Waals surface area contributed by atoms with Crippen molar-refractivity contribution in [2.24, 2.45) is 23.2 Å². The lowest BCUT2D eigenvalue weighted by Gasteiger charge is -2.57. The summed E-state index contributed by atoms with van der Waals surface area (Å²) in [5, 5.41) is 15.0. The lowest BCUT2D eigenvalue weighted by Crippen LogP contribution is -2.46. The molecule has 1 unspecified atom stereocenters. The minimum atomic E-state index is -1.19. The number of hydrogen-bond donors (Lipinski definition) is 4. The summed E-state index contributed by atoms with van der Waals surface area (Å²) in [7, 11) is 0. The SMILES string of the molecule is CC(=O)NC(C(=O)O)c1cccc(NC(=O)c2nc(C3CCCCC3)[nH]c2CCC23CC4CC(CC(C4)C2)C3)c1. The quantitative estimate of drug-likeness (QED) is 0.302. The molecule has 1 heterocycles. The molecule has 2 amide bonds. The molecule has 2 aromatic rings. The number of aliphatic carboxylic acids is 1. The van der Waals surface area contributed by atoms with Crippen LogP contribution in [0.4, 0.5) is 5.69 Å². The number of imidazole rings is 1. The molecule has 0 saturated heterocycles. The second-order valence-corrected chi connectivity index (χ2v) is 13.3. The Bertz CT molecular complexity index is 1240. The van der Waals surface area contributed by atoms with Crippen molar-refractivity contribution < 1.29 is 19.5 Å². The van der Waals surface area contributed by atoms with Gasteiger partial charge in [-0.25, -0.2) is 9.78 Å². The average Bonchev–Trinajstić information content (AvgIpc) is 3.35. The van der Waals surface area contributed by atoms with Crippen LogP contribution in [0.3, 0.4) is 0 Å². The van der Waals surface area contributed by atoms with Crippen molar-refractivity contribution in [3.05, 3.63) is 47.0 Å². The molecule has 1 aromatic carbocycles. The van der Waals surface area contributed by atoms with E-state index in [1.807, 2.05) is 0 Å². The summed E-state index contributed by atoms with van der Waals surface area (Å²) >= 11 is 0. The van der Waals surface area contributed by atoms with E-state index in [1.165, 1.54) is 64.7 Å². The number of carboxylic acids is 1. The van der Waals surface area contributed by atoms with E-state index >= 15 is 0 Å². The largest absolute Gasteiger partial charge is 0.479 e. The van der Waals surface area contributed by atoms with Gasteiger partial charge >= 0.3 is 5.97 Å². The Kier molecular flexibility index (Phi) is 7.44. The first-order valence-corrected chi connectivity index (χ1v) is 15.3. The standard InChI is InChI=1S/C32H42N4O4/c1-19(37)33-27(31(39)40)24-8-5-9-25(15-24)34-30(38)28-26(35-29(36-28)23-6-3-2-4-7-23)10-11-32-16-20-12-21(17-32)14-22(13-20)18-32/h5,8-9,15,20-23,27H,2-4,6-7,10-14,16-18H2,1H3,(H,33,37)(H,34,38)(H,35,36)(H,39,40). The molecular formula is C32H42N4O4. The zero-order valence-corrected chi connectivity index (χ0v) is 23.5. The van der Waals surface area contributed by atoms with Crippen molar-refractivity contribution in [3.63, 3.8) is 0 Å². The monoisotopic (exact) mass is 546 g/mol. The number of anilines is 1. The van der Waals surface area contributed by atoms with Crippen LogP contribution in [0.25, 0.3) is 0 Å². The molecule has 40 heavy (non-hydrogen) atoms. The van der Waals surface area contributed by atoms with Crippen LogP contribution in [-0.2, 0) is 16.0 Å². The van der Waals surface area contributed by atoms with Crippen LogP contribution >= 0.6 is 0 Å². The summed E-state index contributed by atoms with van der Waals surface area (Å²) in [6, 6.07) is 5.48. The highest BCUT2D eigenvalue weighted by Gasteiger charge is 2.50. The van der Waals surface area contributed by atoms with E-state index in [1.54, 1.807) is 24.3 Å². The van der Waals surface area contributed by atoms with E-state index < -0.39 is 17.9 Å². The molecule has 214 valence electrons. The van der Waals surface area contributed by atoms with Gasteiger partial charge in [-0.2, -0.15) is 0 Å². The molecule has 5 aliphatic carbocycles. The second-order valence-electron chi connectivity index (χ2n) is 13.3. The van der Waals surface area contributed by atoms with Crippen molar-refractivity contribution in [3.8, 4) is 0 Å². The molecule has 8 heteroatoms. The number of rotatable bonds is 9. The highest BCUT2D eigenvalue weighted by Crippen LogP contribution is 2.61. The summed E-state index contributed by atoms with van der Waals surface area (Å²) in [5.41, 5.74) is 2.70. The second kappa shape index (κ2) is 11.0. The Morgan fingerprint density at radius 2 is 1.73 bits per heavy atom. The maximum Gasteiger partial charge on any atom is 0.330 e. The number of benzene rings is 1. The predicted molar refractivity (Wildman–Crippen MR) is 152 cm³/mol. The molecule has 4 bridgehead atoms. The number of hydrogen-bond acceptors (Lipinski definition) is 4. The number of aromatic nitrogens is 2. The molecule has 5 saturated carbocycles. The Morgan fingerprint density at radius 1 is 1.05 bits per heavy atom. The smallest absolute Gasteiger partial charge is 0.330 e. The number of carbonyl (C=O) groups excluding carboxylic acids is 2. The lowest BCUT2D eigenvalue weighted by atomic mass is 9.48. The van der Waals surface area contributed by atoms with Crippen LogP contribution in [0.5, 0.6) is 0 Å². The number of carboxylic acid groups (broad SMARTS) is 1. The van der Waals surface area contributed by atoms with Gasteiger partial charge in [0.05, 0.1) is 0 Å². The van der Waals surface area contributed by atoms with E-state index in [9.17, 15) is 19.5 Å². The fourth-order valence-corrected chi connectivity index (χ4v) is 8.83. The first-order chi connectivity index (χ1) is 19.3. The maximum absolute atomic E-state index is 13.7. The molecule has 1 atom stereocenters. The molecule has 4 N–H and O–H groups in total. The number of nitrogens with zero attached hydrogens (tertiary/aromatic N) is 1. The Hall–Kier alpha value is -3.16. The van der Waals surface area contributed by atoms with E-state index in [2.05, 4.69) is 15.6 Å². The molecular weight excluding hydrogens is 504 g/mol. The van der Waals surface area contributed by atoms with Crippen LogP contribution in [0.15, 0.2) is 24.3 Å². The van der Waals surface area contributed by atoms with Gasteiger partial charge in [0.2, 0.25) is 5.91 Å². The summed E-state index contributed by atoms with van der Waals surface area (Å²) in [6.07, 6.45) is 16.1. The zero-order chi connectivity index (χ0) is 27.9. The molecule has 5 aliphatic rings. The van der Waals surface area contributed by atoms with Crippen LogP contribution in [0.2, 0.25) is 0 Å². The first kappa shape index (κ1) is 27.0. The minimum Gasteiger partial charge on any atom is -0.479 e. The normalized spacial score (nSPS) is 28.3. The Morgan fingerprint density at radius 3 is 2.35 bits per heavy atom. The van der Waals surface area contributed by atoms with Crippen LogP contribution < -0.4 is 10.6 Å². The number of H-pyrrole nitrogens is 1. The molecule has 0 radical (unpaired) electrons. The Balaban J connectivity index is 1.22. The van der Waals surface area contributed by atoms with E-state index in [0.717, 1.165) is 55.0 Å². The van der Waals surface area contributed by atoms with E-state index in [4.69, 9.17) is 4.98 Å². The van der Waals surface area contributed by atoms with Gasteiger partial charge in [-0.1, -0.05) is 31.4 Å².